The molecular formula is C12H17FN2O3S. The van der Waals surface area contributed by atoms with E-state index in [-0.39, 0.29) is 17.2 Å². The monoisotopic (exact) mass is 288 g/mol. The molecule has 1 aliphatic heterocycles. The molecule has 106 valence electrons. The lowest BCUT2D eigenvalue weighted by molar-refractivity contribution is 0.213. The van der Waals surface area contributed by atoms with Crippen molar-refractivity contribution in [3.05, 3.63) is 23.5 Å². The summed E-state index contributed by atoms with van der Waals surface area (Å²) in [6.07, 6.45) is 1.34. The molecule has 0 bridgehead atoms. The third kappa shape index (κ3) is 2.45. The molecule has 1 aliphatic rings. The van der Waals surface area contributed by atoms with E-state index in [1.165, 1.54) is 11.2 Å². The Morgan fingerprint density at radius 2 is 2.21 bits per heavy atom. The molecule has 0 amide bonds. The summed E-state index contributed by atoms with van der Waals surface area (Å²) in [7, 11) is -3.74. The van der Waals surface area contributed by atoms with E-state index in [1.54, 1.807) is 0 Å². The molecule has 1 fully saturated rings. The number of nitrogens with zero attached hydrogens (tertiary/aromatic N) is 1. The van der Waals surface area contributed by atoms with E-state index < -0.39 is 21.9 Å². The standard InChI is InChI=1S/C12H17FN2O3S/c1-8-5-10(13)11(14)6-12(8)19(17,18)15-4-2-3-9(15)7-16/h5-6,9,16H,2-4,7,14H2,1H3. The van der Waals surface area contributed by atoms with Gasteiger partial charge in [-0.05, 0) is 37.5 Å². The minimum absolute atomic E-state index is 0.00625. The molecule has 1 atom stereocenters. The van der Waals surface area contributed by atoms with Gasteiger partial charge in [0.1, 0.15) is 5.82 Å². The van der Waals surface area contributed by atoms with Crippen LogP contribution in [0.2, 0.25) is 0 Å². The molecule has 0 saturated carbocycles. The largest absolute Gasteiger partial charge is 0.396 e. The maximum atomic E-state index is 13.3. The molecule has 1 heterocycles. The van der Waals surface area contributed by atoms with Crippen LogP contribution >= 0.6 is 0 Å². The van der Waals surface area contributed by atoms with Gasteiger partial charge in [0.2, 0.25) is 10.0 Å². The van der Waals surface area contributed by atoms with Crippen LogP contribution in [0.5, 0.6) is 0 Å². The Bertz CT molecular complexity index is 589. The Morgan fingerprint density at radius 1 is 1.53 bits per heavy atom. The van der Waals surface area contributed by atoms with E-state index in [4.69, 9.17) is 5.73 Å². The smallest absolute Gasteiger partial charge is 0.243 e. The van der Waals surface area contributed by atoms with Crippen LogP contribution in [-0.4, -0.2) is 37.0 Å². The van der Waals surface area contributed by atoms with Crippen molar-refractivity contribution in [1.29, 1.82) is 0 Å². The lowest BCUT2D eigenvalue weighted by Gasteiger charge is -2.23. The van der Waals surface area contributed by atoms with Crippen molar-refractivity contribution in [2.24, 2.45) is 0 Å². The van der Waals surface area contributed by atoms with Gasteiger partial charge in [0.15, 0.2) is 0 Å². The van der Waals surface area contributed by atoms with Gasteiger partial charge in [0.05, 0.1) is 17.2 Å². The SMILES string of the molecule is Cc1cc(F)c(N)cc1S(=O)(=O)N1CCCC1CO. The second kappa shape index (κ2) is 5.07. The zero-order chi connectivity index (χ0) is 14.2. The fraction of sp³-hybridized carbons (Fsp3) is 0.500. The summed E-state index contributed by atoms with van der Waals surface area (Å²) >= 11 is 0. The number of aliphatic hydroxyl groups is 1. The Kier molecular flexibility index (Phi) is 3.80. The van der Waals surface area contributed by atoms with Gasteiger partial charge in [0, 0.05) is 12.6 Å². The molecule has 1 aromatic carbocycles. The summed E-state index contributed by atoms with van der Waals surface area (Å²) < 4.78 is 39.6. The first-order valence-corrected chi connectivity index (χ1v) is 7.50. The average molecular weight is 288 g/mol. The predicted molar refractivity (Wildman–Crippen MR) is 69.5 cm³/mol. The van der Waals surface area contributed by atoms with E-state index >= 15 is 0 Å². The number of halogens is 1. The molecule has 7 heteroatoms. The normalized spacial score (nSPS) is 20.9. The van der Waals surface area contributed by atoms with Crippen molar-refractivity contribution in [1.82, 2.24) is 4.31 Å². The fourth-order valence-corrected chi connectivity index (χ4v) is 4.31. The van der Waals surface area contributed by atoms with E-state index in [2.05, 4.69) is 0 Å². The van der Waals surface area contributed by atoms with Gasteiger partial charge in [-0.1, -0.05) is 0 Å². The Morgan fingerprint density at radius 3 is 2.84 bits per heavy atom. The van der Waals surface area contributed by atoms with Gasteiger partial charge < -0.3 is 10.8 Å². The van der Waals surface area contributed by atoms with Crippen molar-refractivity contribution in [3.63, 3.8) is 0 Å². The average Bonchev–Trinajstić information content (AvgIpc) is 2.82. The maximum Gasteiger partial charge on any atom is 0.243 e. The summed E-state index contributed by atoms with van der Waals surface area (Å²) in [6, 6.07) is 1.86. The molecule has 0 aromatic heterocycles. The van der Waals surface area contributed by atoms with Crippen molar-refractivity contribution in [3.8, 4) is 0 Å². The summed E-state index contributed by atoms with van der Waals surface area (Å²) in [5.74, 6) is -0.628. The molecule has 1 saturated heterocycles. The van der Waals surface area contributed by atoms with Crippen LogP contribution in [0.3, 0.4) is 0 Å². The molecule has 0 aliphatic carbocycles. The van der Waals surface area contributed by atoms with E-state index in [1.807, 2.05) is 0 Å². The van der Waals surface area contributed by atoms with E-state index in [9.17, 15) is 17.9 Å². The predicted octanol–water partition coefficient (Wildman–Crippen LogP) is 0.862. The zero-order valence-electron chi connectivity index (χ0n) is 10.6. The molecule has 0 spiro atoms. The van der Waals surface area contributed by atoms with Crippen molar-refractivity contribution < 1.29 is 17.9 Å². The molecule has 5 nitrogen and oxygen atoms in total. The highest BCUT2D eigenvalue weighted by Gasteiger charge is 2.35. The first kappa shape index (κ1) is 14.2. The quantitative estimate of drug-likeness (QED) is 0.808. The number of benzene rings is 1. The van der Waals surface area contributed by atoms with E-state index in [0.717, 1.165) is 12.1 Å². The summed E-state index contributed by atoms with van der Waals surface area (Å²) in [4.78, 5) is 0.00625. The second-order valence-corrected chi connectivity index (χ2v) is 6.59. The number of hydrogen-bond acceptors (Lipinski definition) is 4. The lowest BCUT2D eigenvalue weighted by atomic mass is 10.2. The topological polar surface area (TPSA) is 83.6 Å². The number of nitrogens with two attached hydrogens (primary N) is 1. The maximum absolute atomic E-state index is 13.3. The van der Waals surface area contributed by atoms with Crippen molar-refractivity contribution in [2.75, 3.05) is 18.9 Å². The van der Waals surface area contributed by atoms with Crippen LogP contribution in [0.4, 0.5) is 10.1 Å². The number of rotatable bonds is 3. The highest BCUT2D eigenvalue weighted by molar-refractivity contribution is 7.89. The highest BCUT2D eigenvalue weighted by atomic mass is 32.2. The molecule has 19 heavy (non-hydrogen) atoms. The summed E-state index contributed by atoms with van der Waals surface area (Å²) in [5, 5.41) is 9.22. The van der Waals surface area contributed by atoms with Gasteiger partial charge in [-0.25, -0.2) is 12.8 Å². The number of aliphatic hydroxyl groups excluding tert-OH is 1. The molecule has 3 N–H and O–H groups in total. The Hall–Kier alpha value is -1.18. The zero-order valence-corrected chi connectivity index (χ0v) is 11.5. The lowest BCUT2D eigenvalue weighted by Crippen LogP contribution is -2.37. The van der Waals surface area contributed by atoms with Crippen LogP contribution in [-0.2, 0) is 10.0 Å². The summed E-state index contributed by atoms with van der Waals surface area (Å²) in [6.45, 7) is 1.68. The Labute approximate surface area is 111 Å². The van der Waals surface area contributed by atoms with Gasteiger partial charge in [-0.2, -0.15) is 4.31 Å². The first-order chi connectivity index (χ1) is 8.87. The van der Waals surface area contributed by atoms with Crippen molar-refractivity contribution >= 4 is 15.7 Å². The van der Waals surface area contributed by atoms with Crippen LogP contribution in [0.15, 0.2) is 17.0 Å². The molecule has 2 rings (SSSR count). The van der Waals surface area contributed by atoms with Crippen LogP contribution in [0.25, 0.3) is 0 Å². The van der Waals surface area contributed by atoms with Gasteiger partial charge in [-0.15, -0.1) is 0 Å². The molecule has 0 radical (unpaired) electrons. The van der Waals surface area contributed by atoms with Crippen LogP contribution in [0.1, 0.15) is 18.4 Å². The molecule has 1 unspecified atom stereocenters. The minimum atomic E-state index is -3.74. The first-order valence-electron chi connectivity index (χ1n) is 6.06. The molecular weight excluding hydrogens is 271 g/mol. The van der Waals surface area contributed by atoms with Gasteiger partial charge in [0.25, 0.3) is 0 Å². The Balaban J connectivity index is 2.48. The minimum Gasteiger partial charge on any atom is -0.396 e. The summed E-state index contributed by atoms with van der Waals surface area (Å²) in [5.41, 5.74) is 5.57. The highest BCUT2D eigenvalue weighted by Crippen LogP contribution is 2.29. The molecule has 1 aromatic rings. The third-order valence-electron chi connectivity index (χ3n) is 3.41. The van der Waals surface area contributed by atoms with Gasteiger partial charge >= 0.3 is 0 Å². The van der Waals surface area contributed by atoms with Crippen molar-refractivity contribution in [2.45, 2.75) is 30.7 Å². The van der Waals surface area contributed by atoms with E-state index in [0.29, 0.717) is 24.9 Å². The number of sulfonamides is 1. The number of aryl methyl sites for hydroxylation is 1. The fourth-order valence-electron chi connectivity index (χ4n) is 2.38. The van der Waals surface area contributed by atoms with Crippen LogP contribution in [0, 0.1) is 12.7 Å². The van der Waals surface area contributed by atoms with Gasteiger partial charge in [-0.3, -0.25) is 0 Å². The number of nitrogen functional groups attached to an aromatic ring is 1. The van der Waals surface area contributed by atoms with Crippen LogP contribution < -0.4 is 5.73 Å². The number of anilines is 1. The third-order valence-corrected chi connectivity index (χ3v) is 5.51. The number of hydrogen-bond donors (Lipinski definition) is 2. The second-order valence-electron chi connectivity index (χ2n) is 4.73.